The van der Waals surface area contributed by atoms with Crippen LogP contribution in [0.1, 0.15) is 5.69 Å². The van der Waals surface area contributed by atoms with E-state index in [4.69, 9.17) is 4.74 Å². The van der Waals surface area contributed by atoms with Crippen molar-refractivity contribution in [2.24, 2.45) is 0 Å². The van der Waals surface area contributed by atoms with Crippen LogP contribution in [0, 0.1) is 3.57 Å². The van der Waals surface area contributed by atoms with Gasteiger partial charge < -0.3 is 14.6 Å². The number of carbonyl (C=O) groups is 3. The zero-order chi connectivity index (χ0) is 22.7. The number of halogens is 1. The fourth-order valence-corrected chi connectivity index (χ4v) is 4.32. The van der Waals surface area contributed by atoms with E-state index in [1.165, 1.54) is 0 Å². The molecule has 1 aliphatic rings. The Labute approximate surface area is 202 Å². The molecule has 3 amide bonds. The highest BCUT2D eigenvalue weighted by Crippen LogP contribution is 2.32. The monoisotopic (exact) mass is 559 g/mol. The van der Waals surface area contributed by atoms with Crippen LogP contribution in [0.4, 0.5) is 10.5 Å². The Morgan fingerprint density at radius 3 is 2.50 bits per heavy atom. The van der Waals surface area contributed by atoms with E-state index < -0.39 is 17.1 Å². The molecule has 9 heteroatoms. The quantitative estimate of drug-likeness (QED) is 0.348. The molecule has 0 unspecified atom stereocenters. The third-order valence-corrected chi connectivity index (χ3v) is 6.34. The number of imide groups is 1. The van der Waals surface area contributed by atoms with Gasteiger partial charge in [0.05, 0.1) is 12.0 Å². The van der Waals surface area contributed by atoms with Crippen LogP contribution in [0.2, 0.25) is 0 Å². The van der Waals surface area contributed by atoms with E-state index in [0.717, 1.165) is 31.6 Å². The van der Waals surface area contributed by atoms with Crippen molar-refractivity contribution < 1.29 is 19.1 Å². The average Bonchev–Trinajstić information content (AvgIpc) is 3.35. The first-order valence-electron chi connectivity index (χ1n) is 9.57. The van der Waals surface area contributed by atoms with Gasteiger partial charge in [-0.2, -0.15) is 0 Å². The molecule has 0 spiro atoms. The number of benzene rings is 2. The number of rotatable bonds is 6. The summed E-state index contributed by atoms with van der Waals surface area (Å²) in [5.41, 5.74) is 2.26. The van der Waals surface area contributed by atoms with Crippen LogP contribution in [-0.2, 0) is 9.59 Å². The highest BCUT2D eigenvalue weighted by Gasteiger charge is 2.36. The first-order valence-corrected chi connectivity index (χ1v) is 11.5. The van der Waals surface area contributed by atoms with Gasteiger partial charge in [0.2, 0.25) is 5.91 Å². The number of carbonyl (C=O) groups excluding carboxylic acids is 3. The summed E-state index contributed by atoms with van der Waals surface area (Å²) in [4.78, 5) is 38.8. The highest BCUT2D eigenvalue weighted by atomic mass is 127. The van der Waals surface area contributed by atoms with Crippen molar-refractivity contribution in [1.29, 1.82) is 0 Å². The minimum atomic E-state index is -0.486. The van der Waals surface area contributed by atoms with Crippen molar-refractivity contribution in [3.63, 3.8) is 0 Å². The molecule has 1 fully saturated rings. The summed E-state index contributed by atoms with van der Waals surface area (Å²) in [7, 11) is 1.55. The van der Waals surface area contributed by atoms with Crippen LogP contribution in [-0.4, -0.2) is 40.2 Å². The van der Waals surface area contributed by atoms with Crippen LogP contribution >= 0.6 is 34.4 Å². The van der Waals surface area contributed by atoms with Gasteiger partial charge in [0.25, 0.3) is 11.1 Å². The van der Waals surface area contributed by atoms with Crippen LogP contribution in [0.3, 0.4) is 0 Å². The summed E-state index contributed by atoms with van der Waals surface area (Å²) in [5, 5.41) is 2.21. The van der Waals surface area contributed by atoms with Gasteiger partial charge in [0, 0.05) is 26.8 Å². The van der Waals surface area contributed by atoms with Gasteiger partial charge in [-0.15, -0.1) is 0 Å². The lowest BCUT2D eigenvalue weighted by Gasteiger charge is -2.12. The molecule has 32 heavy (non-hydrogen) atoms. The van der Waals surface area contributed by atoms with Gasteiger partial charge in [-0.3, -0.25) is 19.3 Å². The van der Waals surface area contributed by atoms with E-state index in [9.17, 15) is 14.4 Å². The summed E-state index contributed by atoms with van der Waals surface area (Å²) in [6, 6.07) is 18.5. The number of anilines is 1. The first-order chi connectivity index (χ1) is 15.4. The molecule has 1 aromatic heterocycles. The Hall–Kier alpha value is -3.05. The fraction of sp³-hybridized carbons (Fsp3) is 0.0870. The zero-order valence-electron chi connectivity index (χ0n) is 16.9. The third kappa shape index (κ3) is 4.89. The number of nitrogens with zero attached hydrogens (tertiary/aromatic N) is 2. The Kier molecular flexibility index (Phi) is 6.66. The summed E-state index contributed by atoms with van der Waals surface area (Å²) in [6.07, 6.45) is 3.56. The number of hydrogen-bond acceptors (Lipinski definition) is 5. The van der Waals surface area contributed by atoms with Crippen molar-refractivity contribution in [2.45, 2.75) is 0 Å². The average molecular weight is 559 g/mol. The fourth-order valence-electron chi connectivity index (χ4n) is 3.14. The highest BCUT2D eigenvalue weighted by molar-refractivity contribution is 14.1. The van der Waals surface area contributed by atoms with Crippen molar-refractivity contribution >= 4 is 63.2 Å². The maximum Gasteiger partial charge on any atom is 0.294 e. The largest absolute Gasteiger partial charge is 0.497 e. The first kappa shape index (κ1) is 22.2. The third-order valence-electron chi connectivity index (χ3n) is 4.71. The van der Waals surface area contributed by atoms with Crippen LogP contribution in [0.25, 0.3) is 11.8 Å². The van der Waals surface area contributed by atoms with E-state index in [0.29, 0.717) is 11.4 Å². The van der Waals surface area contributed by atoms with Gasteiger partial charge in [0.15, 0.2) is 0 Å². The predicted molar refractivity (Wildman–Crippen MR) is 133 cm³/mol. The number of aromatic nitrogens is 1. The molecule has 0 aliphatic carbocycles. The maximum atomic E-state index is 12.8. The van der Waals surface area contributed by atoms with E-state index in [-0.39, 0.29) is 11.4 Å². The molecule has 2 heterocycles. The number of ether oxygens (including phenoxy) is 1. The molecule has 7 nitrogen and oxygen atoms in total. The lowest BCUT2D eigenvalue weighted by molar-refractivity contribution is -0.127. The molecule has 0 atom stereocenters. The second kappa shape index (κ2) is 9.61. The second-order valence-electron chi connectivity index (χ2n) is 6.82. The van der Waals surface area contributed by atoms with Gasteiger partial charge in [-0.1, -0.05) is 0 Å². The molecule has 0 radical (unpaired) electrons. The summed E-state index contributed by atoms with van der Waals surface area (Å²) < 4.78 is 8.14. The Balaban J connectivity index is 1.47. The molecule has 1 saturated heterocycles. The SMILES string of the molecule is COc1ccc(NC(=O)CN2C(=O)S/C(=C/c3cccn3-c3ccc(I)cc3)C2=O)cc1. The van der Waals surface area contributed by atoms with E-state index in [1.807, 2.05) is 47.2 Å². The van der Waals surface area contributed by atoms with Crippen molar-refractivity contribution in [3.8, 4) is 11.4 Å². The Morgan fingerprint density at radius 1 is 1.09 bits per heavy atom. The maximum absolute atomic E-state index is 12.8. The second-order valence-corrected chi connectivity index (χ2v) is 9.06. The number of amides is 3. The van der Waals surface area contributed by atoms with E-state index in [2.05, 4.69) is 27.9 Å². The van der Waals surface area contributed by atoms with Gasteiger partial charge in [-0.05, 0) is 101 Å². The lowest BCUT2D eigenvalue weighted by Crippen LogP contribution is -2.36. The Bertz CT molecular complexity index is 1200. The molecule has 4 rings (SSSR count). The Morgan fingerprint density at radius 2 is 1.81 bits per heavy atom. The predicted octanol–water partition coefficient (Wildman–Crippen LogP) is 4.77. The number of nitrogens with one attached hydrogen (secondary N) is 1. The lowest BCUT2D eigenvalue weighted by atomic mass is 10.3. The minimum Gasteiger partial charge on any atom is -0.497 e. The molecular weight excluding hydrogens is 541 g/mol. The van der Waals surface area contributed by atoms with E-state index in [1.54, 1.807) is 37.5 Å². The molecule has 1 N–H and O–H groups in total. The van der Waals surface area contributed by atoms with Gasteiger partial charge >= 0.3 is 0 Å². The summed E-state index contributed by atoms with van der Waals surface area (Å²) in [6.45, 7) is -0.355. The van der Waals surface area contributed by atoms with Gasteiger partial charge in [0.1, 0.15) is 12.3 Å². The molecule has 0 bridgehead atoms. The number of hydrogen-bond donors (Lipinski definition) is 1. The molecule has 0 saturated carbocycles. The number of methoxy groups -OCH3 is 1. The smallest absolute Gasteiger partial charge is 0.294 e. The van der Waals surface area contributed by atoms with Crippen molar-refractivity contribution in [2.75, 3.05) is 19.0 Å². The summed E-state index contributed by atoms with van der Waals surface area (Å²) in [5.74, 6) is -0.282. The van der Waals surface area contributed by atoms with Crippen molar-refractivity contribution in [1.82, 2.24) is 9.47 Å². The molecule has 162 valence electrons. The standard InChI is InChI=1S/C23H18IN3O4S/c1-31-19-10-6-16(7-11-19)25-21(28)14-27-22(29)20(32-23(27)30)13-18-3-2-12-26(18)17-8-4-15(24)5-9-17/h2-13H,14H2,1H3,(H,25,28)/b20-13+. The van der Waals surface area contributed by atoms with Crippen molar-refractivity contribution in [3.05, 3.63) is 81.0 Å². The van der Waals surface area contributed by atoms with Crippen LogP contribution < -0.4 is 10.1 Å². The number of thioether (sulfide) groups is 1. The zero-order valence-corrected chi connectivity index (χ0v) is 19.9. The van der Waals surface area contributed by atoms with Crippen LogP contribution in [0.5, 0.6) is 5.75 Å². The van der Waals surface area contributed by atoms with E-state index >= 15 is 0 Å². The molecule has 1 aliphatic heterocycles. The summed E-state index contributed by atoms with van der Waals surface area (Å²) >= 11 is 3.07. The molecule has 2 aromatic carbocycles. The topological polar surface area (TPSA) is 80.6 Å². The normalized spacial score (nSPS) is 14.8. The molecular formula is C23H18IN3O4S. The van der Waals surface area contributed by atoms with Gasteiger partial charge in [-0.25, -0.2) is 0 Å². The van der Waals surface area contributed by atoms with Crippen LogP contribution in [0.15, 0.2) is 71.8 Å². The molecule has 3 aromatic rings. The minimum absolute atomic E-state index is 0.276.